The fourth-order valence-electron chi connectivity index (χ4n) is 3.45. The molecule has 24 heavy (non-hydrogen) atoms. The molecule has 0 aromatic heterocycles. The van der Waals surface area contributed by atoms with E-state index in [4.69, 9.17) is 11.7 Å². The van der Waals surface area contributed by atoms with Crippen LogP contribution in [0, 0.1) is 0 Å². The molecule has 0 aromatic rings. The van der Waals surface area contributed by atoms with E-state index in [0.29, 0.717) is 25.2 Å². The van der Waals surface area contributed by atoms with Crippen LogP contribution in [0.1, 0.15) is 52.4 Å². The van der Waals surface area contributed by atoms with Gasteiger partial charge < -0.3 is 11.7 Å². The van der Waals surface area contributed by atoms with E-state index in [9.17, 15) is 0 Å². The molecule has 0 aromatic carbocycles. The second-order valence-electron chi connectivity index (χ2n) is 6.58. The molecule has 0 aliphatic heterocycles. The lowest BCUT2D eigenvalue weighted by atomic mass is 9.94. The first-order valence-electron chi connectivity index (χ1n) is 9.34. The Balaban J connectivity index is 2.56. The third-order valence-electron chi connectivity index (χ3n) is 5.12. The maximum atomic E-state index is 5.14. The Hall–Kier alpha value is -1.28. The molecule has 1 aliphatic rings. The van der Waals surface area contributed by atoms with Crippen molar-refractivity contribution in [2.45, 2.75) is 64.5 Å². The highest BCUT2D eigenvalue weighted by Gasteiger charge is 2.22. The molecule has 0 bridgehead atoms. The van der Waals surface area contributed by atoms with Crippen LogP contribution in [0.4, 0.5) is 0 Å². The van der Waals surface area contributed by atoms with Crippen LogP contribution in [0.5, 0.6) is 0 Å². The van der Waals surface area contributed by atoms with Gasteiger partial charge in [-0.1, -0.05) is 36.6 Å². The Morgan fingerprint density at radius 1 is 0.917 bits per heavy atom. The first kappa shape index (κ1) is 20.8. The summed E-state index contributed by atoms with van der Waals surface area (Å²) in [4.78, 5) is 5.06. The molecule has 1 atom stereocenters. The highest BCUT2D eigenvalue weighted by atomic mass is 15.3. The van der Waals surface area contributed by atoms with Gasteiger partial charge in [0.15, 0.2) is 0 Å². The van der Waals surface area contributed by atoms with E-state index in [1.807, 2.05) is 0 Å². The van der Waals surface area contributed by atoms with Crippen LogP contribution >= 0.6 is 0 Å². The highest BCUT2D eigenvalue weighted by Crippen LogP contribution is 2.22. The van der Waals surface area contributed by atoms with Gasteiger partial charge in [-0.05, 0) is 26.2 Å². The van der Waals surface area contributed by atoms with E-state index in [1.54, 1.807) is 0 Å². The molecule has 1 rings (SSSR count). The van der Waals surface area contributed by atoms with Crippen molar-refractivity contribution in [2.75, 3.05) is 39.3 Å². The molecule has 0 heterocycles. The van der Waals surface area contributed by atoms with Crippen LogP contribution < -0.4 is 11.7 Å². The lowest BCUT2D eigenvalue weighted by molar-refractivity contribution is 0.121. The Labute approximate surface area is 146 Å². The predicted octanol–water partition coefficient (Wildman–Crippen LogP) is 2.37. The zero-order valence-corrected chi connectivity index (χ0v) is 15.5. The van der Waals surface area contributed by atoms with Gasteiger partial charge in [0, 0.05) is 38.3 Å². The van der Waals surface area contributed by atoms with E-state index >= 15 is 0 Å². The quantitative estimate of drug-likeness (QED) is 0.323. The first-order chi connectivity index (χ1) is 11.7. The standard InChI is InChI=1S/C16H36N8/c1-3-15(2)23(11-9-19-21-17)13-14-24(12-10-20-22-18)16-7-5-4-6-8-16/h15-16H,3-14H2,1-2H3,(H2,17,19)(H2,18,20). The molecule has 1 saturated carbocycles. The molecule has 1 unspecified atom stereocenters. The second kappa shape index (κ2) is 13.1. The van der Waals surface area contributed by atoms with Crippen molar-refractivity contribution in [1.29, 1.82) is 0 Å². The van der Waals surface area contributed by atoms with Crippen molar-refractivity contribution in [1.82, 2.24) is 9.80 Å². The van der Waals surface area contributed by atoms with E-state index in [-0.39, 0.29) is 0 Å². The summed E-state index contributed by atoms with van der Waals surface area (Å²) < 4.78 is 0. The third kappa shape index (κ3) is 8.01. The minimum atomic E-state index is 0.537. The van der Waals surface area contributed by atoms with E-state index < -0.39 is 0 Å². The smallest absolute Gasteiger partial charge is 0.0747 e. The van der Waals surface area contributed by atoms with Crippen LogP contribution in [0.15, 0.2) is 20.7 Å². The molecule has 4 N–H and O–H groups in total. The number of rotatable bonds is 12. The third-order valence-corrected chi connectivity index (χ3v) is 5.12. The molecule has 0 spiro atoms. The summed E-state index contributed by atoms with van der Waals surface area (Å²) in [7, 11) is 0. The number of nitrogens with zero attached hydrogens (tertiary/aromatic N) is 6. The Morgan fingerprint density at radius 3 is 2.12 bits per heavy atom. The molecule has 1 fully saturated rings. The van der Waals surface area contributed by atoms with Crippen molar-refractivity contribution in [2.24, 2.45) is 32.4 Å². The largest absolute Gasteiger partial charge is 0.305 e. The maximum Gasteiger partial charge on any atom is 0.0747 e. The minimum Gasteiger partial charge on any atom is -0.305 e. The van der Waals surface area contributed by atoms with Gasteiger partial charge in [0.05, 0.1) is 13.1 Å². The summed E-state index contributed by atoms with van der Waals surface area (Å²) in [5.41, 5.74) is 0. The summed E-state index contributed by atoms with van der Waals surface area (Å²) in [6.45, 7) is 9.75. The molecule has 0 saturated heterocycles. The van der Waals surface area contributed by atoms with Gasteiger partial charge in [0.1, 0.15) is 0 Å². The summed E-state index contributed by atoms with van der Waals surface area (Å²) in [5.74, 6) is 10.3. The Kier molecular flexibility index (Phi) is 11.3. The van der Waals surface area contributed by atoms with Gasteiger partial charge >= 0.3 is 0 Å². The minimum absolute atomic E-state index is 0.537. The van der Waals surface area contributed by atoms with E-state index in [1.165, 1.54) is 32.1 Å². The lowest BCUT2D eigenvalue weighted by Crippen LogP contribution is -2.45. The van der Waals surface area contributed by atoms with Crippen molar-refractivity contribution in [3.8, 4) is 0 Å². The molecule has 0 radical (unpaired) electrons. The van der Waals surface area contributed by atoms with E-state index in [0.717, 1.165) is 32.6 Å². The van der Waals surface area contributed by atoms with Crippen LogP contribution in [0.25, 0.3) is 0 Å². The summed E-state index contributed by atoms with van der Waals surface area (Å²) in [6, 6.07) is 1.21. The first-order valence-corrected chi connectivity index (χ1v) is 9.34. The SMILES string of the molecule is CCC(C)N(CCN=NN)CCN(CCN=NN)C1CCCCC1. The van der Waals surface area contributed by atoms with Gasteiger partial charge in [-0.3, -0.25) is 9.80 Å². The van der Waals surface area contributed by atoms with Crippen LogP contribution in [0.2, 0.25) is 0 Å². The number of hydrogen-bond acceptors (Lipinski definition) is 6. The Morgan fingerprint density at radius 2 is 1.54 bits per heavy atom. The molecule has 0 amide bonds. The van der Waals surface area contributed by atoms with Crippen molar-refractivity contribution in [3.63, 3.8) is 0 Å². The molecular formula is C16H36N8. The van der Waals surface area contributed by atoms with Crippen LogP contribution in [0.3, 0.4) is 0 Å². The molecule has 1 aliphatic carbocycles. The summed E-state index contributed by atoms with van der Waals surface area (Å²) in [6.07, 6.45) is 7.77. The van der Waals surface area contributed by atoms with Crippen molar-refractivity contribution < 1.29 is 0 Å². The average molecular weight is 341 g/mol. The van der Waals surface area contributed by atoms with Gasteiger partial charge in [0.25, 0.3) is 0 Å². The lowest BCUT2D eigenvalue weighted by Gasteiger charge is -2.36. The molecular weight excluding hydrogens is 304 g/mol. The van der Waals surface area contributed by atoms with Crippen molar-refractivity contribution in [3.05, 3.63) is 0 Å². The van der Waals surface area contributed by atoms with Crippen LogP contribution in [-0.2, 0) is 0 Å². The van der Waals surface area contributed by atoms with E-state index in [2.05, 4.69) is 44.3 Å². The molecule has 140 valence electrons. The molecule has 8 nitrogen and oxygen atoms in total. The zero-order valence-electron chi connectivity index (χ0n) is 15.5. The summed E-state index contributed by atoms with van der Waals surface area (Å²) in [5, 5.41) is 14.6. The van der Waals surface area contributed by atoms with Gasteiger partial charge in [-0.15, -0.1) is 0 Å². The topological polar surface area (TPSA) is 108 Å². The second-order valence-corrected chi connectivity index (χ2v) is 6.58. The number of hydrogen-bond donors (Lipinski definition) is 2. The van der Waals surface area contributed by atoms with Gasteiger partial charge in [-0.2, -0.15) is 10.2 Å². The zero-order chi connectivity index (χ0) is 17.6. The highest BCUT2D eigenvalue weighted by molar-refractivity contribution is 4.78. The van der Waals surface area contributed by atoms with Crippen LogP contribution in [-0.4, -0.2) is 61.2 Å². The fraction of sp³-hybridized carbons (Fsp3) is 1.00. The summed E-state index contributed by atoms with van der Waals surface area (Å²) >= 11 is 0. The monoisotopic (exact) mass is 340 g/mol. The van der Waals surface area contributed by atoms with Gasteiger partial charge in [-0.25, -0.2) is 0 Å². The average Bonchev–Trinajstić information content (AvgIpc) is 2.63. The number of nitrogens with two attached hydrogens (primary N) is 2. The molecule has 8 heteroatoms. The van der Waals surface area contributed by atoms with Crippen molar-refractivity contribution >= 4 is 0 Å². The fourth-order valence-corrected chi connectivity index (χ4v) is 3.45. The normalized spacial score (nSPS) is 18.3. The predicted molar refractivity (Wildman–Crippen MR) is 97.6 cm³/mol. The Bertz CT molecular complexity index is 354. The maximum absolute atomic E-state index is 5.14. The van der Waals surface area contributed by atoms with Gasteiger partial charge in [0.2, 0.25) is 0 Å².